The van der Waals surface area contributed by atoms with Gasteiger partial charge in [0, 0.05) is 19.2 Å². The fourth-order valence-corrected chi connectivity index (χ4v) is 0.584. The van der Waals surface area contributed by atoms with Gasteiger partial charge in [-0.3, -0.25) is 4.79 Å². The molecule has 0 aliphatic heterocycles. The molecule has 0 atom stereocenters. The van der Waals surface area contributed by atoms with E-state index in [-0.39, 0.29) is 11.9 Å². The van der Waals surface area contributed by atoms with Crippen LogP contribution in [0.15, 0.2) is 12.2 Å². The largest absolute Gasteiger partial charge is 0.381 e. The number of hydrogen-bond acceptors (Lipinski definition) is 2. The number of nitrogens with one attached hydrogen (secondary N) is 1. The summed E-state index contributed by atoms with van der Waals surface area (Å²) in [6.45, 7) is 4.32. The number of amides is 1. The summed E-state index contributed by atoms with van der Waals surface area (Å²) in [5.74, 6) is -0.0722. The van der Waals surface area contributed by atoms with E-state index < -0.39 is 0 Å². The molecule has 3 nitrogen and oxygen atoms in total. The molecule has 0 aliphatic rings. The minimum Gasteiger partial charge on any atom is -0.381 e. The van der Waals surface area contributed by atoms with Crippen LogP contribution in [-0.4, -0.2) is 25.7 Å². The summed E-state index contributed by atoms with van der Waals surface area (Å²) in [4.78, 5) is 10.9. The molecular formula is C8H15NO2. The van der Waals surface area contributed by atoms with Gasteiger partial charge in [0.25, 0.3) is 0 Å². The first-order valence-corrected chi connectivity index (χ1v) is 3.62. The SMILES string of the molecule is COC/C=C\C(=O)NC(C)C. The first-order valence-electron chi connectivity index (χ1n) is 3.62. The number of hydrogen-bond donors (Lipinski definition) is 1. The fourth-order valence-electron chi connectivity index (χ4n) is 0.584. The van der Waals surface area contributed by atoms with Gasteiger partial charge in [-0.1, -0.05) is 6.08 Å². The van der Waals surface area contributed by atoms with Crippen LogP contribution in [0.5, 0.6) is 0 Å². The molecule has 1 amide bonds. The predicted octanol–water partition coefficient (Wildman–Crippen LogP) is 0.714. The van der Waals surface area contributed by atoms with Crippen LogP contribution in [0.4, 0.5) is 0 Å². The van der Waals surface area contributed by atoms with E-state index in [1.807, 2.05) is 13.8 Å². The average Bonchev–Trinajstić information content (AvgIpc) is 1.86. The third-order valence-corrected chi connectivity index (χ3v) is 0.963. The lowest BCUT2D eigenvalue weighted by Crippen LogP contribution is -2.28. The summed E-state index contributed by atoms with van der Waals surface area (Å²) in [5, 5.41) is 2.72. The molecule has 1 N–H and O–H groups in total. The van der Waals surface area contributed by atoms with Crippen LogP contribution in [0.3, 0.4) is 0 Å². The van der Waals surface area contributed by atoms with Gasteiger partial charge in [-0.05, 0) is 13.8 Å². The van der Waals surface area contributed by atoms with E-state index in [9.17, 15) is 4.79 Å². The Hall–Kier alpha value is -0.830. The standard InChI is InChI=1S/C8H15NO2/c1-7(2)9-8(10)5-4-6-11-3/h4-5,7H,6H2,1-3H3,(H,9,10)/b5-4-. The van der Waals surface area contributed by atoms with Crippen molar-refractivity contribution in [3.8, 4) is 0 Å². The number of carbonyl (C=O) groups excluding carboxylic acids is 1. The van der Waals surface area contributed by atoms with Crippen LogP contribution in [0, 0.1) is 0 Å². The Morgan fingerprint density at radius 1 is 1.64 bits per heavy atom. The molecule has 0 unspecified atom stereocenters. The van der Waals surface area contributed by atoms with Crippen LogP contribution < -0.4 is 5.32 Å². The second kappa shape index (κ2) is 5.92. The number of methoxy groups -OCH3 is 1. The minimum absolute atomic E-state index is 0.0722. The van der Waals surface area contributed by atoms with Crippen molar-refractivity contribution in [3.63, 3.8) is 0 Å². The highest BCUT2D eigenvalue weighted by Gasteiger charge is 1.95. The van der Waals surface area contributed by atoms with Crippen LogP contribution in [0.25, 0.3) is 0 Å². The van der Waals surface area contributed by atoms with Crippen molar-refractivity contribution in [1.82, 2.24) is 5.32 Å². The van der Waals surface area contributed by atoms with Crippen LogP contribution in [0.1, 0.15) is 13.8 Å². The Morgan fingerprint density at radius 2 is 2.27 bits per heavy atom. The quantitative estimate of drug-likeness (QED) is 0.610. The molecule has 0 aromatic rings. The van der Waals surface area contributed by atoms with Crippen LogP contribution in [-0.2, 0) is 9.53 Å². The summed E-state index contributed by atoms with van der Waals surface area (Å²) in [7, 11) is 1.59. The lowest BCUT2D eigenvalue weighted by molar-refractivity contribution is -0.117. The van der Waals surface area contributed by atoms with Crippen molar-refractivity contribution in [2.24, 2.45) is 0 Å². The smallest absolute Gasteiger partial charge is 0.243 e. The topological polar surface area (TPSA) is 38.3 Å². The molecule has 3 heteroatoms. The van der Waals surface area contributed by atoms with E-state index in [1.54, 1.807) is 13.2 Å². The third kappa shape index (κ3) is 7.06. The Kier molecular flexibility index (Phi) is 5.47. The fraction of sp³-hybridized carbons (Fsp3) is 0.625. The molecule has 11 heavy (non-hydrogen) atoms. The normalized spacial score (nSPS) is 10.9. The molecule has 0 saturated heterocycles. The van der Waals surface area contributed by atoms with Crippen molar-refractivity contribution >= 4 is 5.91 Å². The maximum Gasteiger partial charge on any atom is 0.243 e. The maximum atomic E-state index is 10.9. The highest BCUT2D eigenvalue weighted by Crippen LogP contribution is 1.79. The Labute approximate surface area is 67.4 Å². The van der Waals surface area contributed by atoms with Gasteiger partial charge in [-0.15, -0.1) is 0 Å². The second-order valence-corrected chi connectivity index (χ2v) is 2.52. The molecule has 0 radical (unpaired) electrons. The Morgan fingerprint density at radius 3 is 2.73 bits per heavy atom. The zero-order chi connectivity index (χ0) is 8.69. The van der Waals surface area contributed by atoms with E-state index in [1.165, 1.54) is 6.08 Å². The first-order chi connectivity index (χ1) is 5.16. The van der Waals surface area contributed by atoms with Gasteiger partial charge in [0.1, 0.15) is 0 Å². The summed E-state index contributed by atoms with van der Waals surface area (Å²) in [5.41, 5.74) is 0. The van der Waals surface area contributed by atoms with Gasteiger partial charge < -0.3 is 10.1 Å². The molecule has 0 fully saturated rings. The Balaban J connectivity index is 3.51. The number of carbonyl (C=O) groups is 1. The predicted molar refractivity (Wildman–Crippen MR) is 44.3 cm³/mol. The van der Waals surface area contributed by atoms with E-state index in [0.29, 0.717) is 6.61 Å². The zero-order valence-electron chi connectivity index (χ0n) is 7.26. The summed E-state index contributed by atoms with van der Waals surface area (Å²) in [6, 6.07) is 0.190. The number of ether oxygens (including phenoxy) is 1. The van der Waals surface area contributed by atoms with Crippen molar-refractivity contribution in [2.75, 3.05) is 13.7 Å². The average molecular weight is 157 g/mol. The van der Waals surface area contributed by atoms with Gasteiger partial charge in [0.15, 0.2) is 0 Å². The van der Waals surface area contributed by atoms with Gasteiger partial charge in [0.05, 0.1) is 6.61 Å². The monoisotopic (exact) mass is 157 g/mol. The molecule has 0 heterocycles. The molecule has 0 aromatic heterocycles. The lowest BCUT2D eigenvalue weighted by Gasteiger charge is -2.03. The molecule has 0 bridgehead atoms. The summed E-state index contributed by atoms with van der Waals surface area (Å²) >= 11 is 0. The summed E-state index contributed by atoms with van der Waals surface area (Å²) < 4.78 is 4.73. The number of rotatable bonds is 4. The van der Waals surface area contributed by atoms with Gasteiger partial charge in [0.2, 0.25) is 5.91 Å². The van der Waals surface area contributed by atoms with E-state index in [0.717, 1.165) is 0 Å². The van der Waals surface area contributed by atoms with Crippen molar-refractivity contribution in [3.05, 3.63) is 12.2 Å². The maximum absolute atomic E-state index is 10.9. The minimum atomic E-state index is -0.0722. The van der Waals surface area contributed by atoms with Gasteiger partial charge in [-0.2, -0.15) is 0 Å². The zero-order valence-corrected chi connectivity index (χ0v) is 7.26. The molecule has 0 rings (SSSR count). The summed E-state index contributed by atoms with van der Waals surface area (Å²) in [6.07, 6.45) is 3.15. The Bertz CT molecular complexity index is 141. The molecule has 0 saturated carbocycles. The molecule has 0 aliphatic carbocycles. The third-order valence-electron chi connectivity index (χ3n) is 0.963. The van der Waals surface area contributed by atoms with Crippen LogP contribution in [0.2, 0.25) is 0 Å². The molecule has 0 spiro atoms. The van der Waals surface area contributed by atoms with Gasteiger partial charge in [-0.25, -0.2) is 0 Å². The lowest BCUT2D eigenvalue weighted by atomic mass is 10.4. The van der Waals surface area contributed by atoms with Crippen LogP contribution >= 0.6 is 0 Å². The molecule has 0 aromatic carbocycles. The van der Waals surface area contributed by atoms with E-state index in [2.05, 4.69) is 5.32 Å². The van der Waals surface area contributed by atoms with E-state index in [4.69, 9.17) is 4.74 Å². The van der Waals surface area contributed by atoms with Crippen molar-refractivity contribution < 1.29 is 9.53 Å². The molecular weight excluding hydrogens is 142 g/mol. The first kappa shape index (κ1) is 10.2. The van der Waals surface area contributed by atoms with Gasteiger partial charge >= 0.3 is 0 Å². The molecule has 64 valence electrons. The van der Waals surface area contributed by atoms with E-state index >= 15 is 0 Å². The highest BCUT2D eigenvalue weighted by atomic mass is 16.5. The van der Waals surface area contributed by atoms with Crippen molar-refractivity contribution in [1.29, 1.82) is 0 Å². The highest BCUT2D eigenvalue weighted by molar-refractivity contribution is 5.87. The second-order valence-electron chi connectivity index (χ2n) is 2.52. The van der Waals surface area contributed by atoms with Crippen molar-refractivity contribution in [2.45, 2.75) is 19.9 Å².